The Hall–Kier alpha value is -3.26. The van der Waals surface area contributed by atoms with Crippen LogP contribution in [0.15, 0.2) is 69.2 Å². The lowest BCUT2D eigenvalue weighted by atomic mass is 10.3. The molecule has 1 aromatic carbocycles. The molecule has 0 bridgehead atoms. The Bertz CT molecular complexity index is 1160. The van der Waals surface area contributed by atoms with Gasteiger partial charge in [-0.05, 0) is 37.3 Å². The lowest BCUT2D eigenvalue weighted by Crippen LogP contribution is -2.26. The van der Waals surface area contributed by atoms with E-state index < -0.39 is 0 Å². The van der Waals surface area contributed by atoms with Crippen molar-refractivity contribution in [2.45, 2.75) is 18.6 Å². The Morgan fingerprint density at radius 3 is 2.82 bits per heavy atom. The third kappa shape index (κ3) is 3.72. The molecule has 3 heterocycles. The Labute approximate surface area is 164 Å². The van der Waals surface area contributed by atoms with E-state index in [1.165, 1.54) is 16.3 Å². The zero-order valence-electron chi connectivity index (χ0n) is 15.1. The Balaban J connectivity index is 1.61. The Morgan fingerprint density at radius 1 is 1.25 bits per heavy atom. The van der Waals surface area contributed by atoms with Crippen LogP contribution in [0.5, 0.6) is 0 Å². The van der Waals surface area contributed by atoms with Gasteiger partial charge in [-0.1, -0.05) is 30.0 Å². The van der Waals surface area contributed by atoms with Crippen molar-refractivity contribution in [1.82, 2.24) is 19.9 Å². The molecule has 8 heteroatoms. The van der Waals surface area contributed by atoms with E-state index in [0.29, 0.717) is 34.2 Å². The summed E-state index contributed by atoms with van der Waals surface area (Å²) in [6.07, 6.45) is 1.56. The molecular weight excluding hydrogens is 376 g/mol. The number of amides is 1. The summed E-state index contributed by atoms with van der Waals surface area (Å²) < 4.78 is 6.74. The van der Waals surface area contributed by atoms with Crippen molar-refractivity contribution in [2.24, 2.45) is 0 Å². The second kappa shape index (κ2) is 7.77. The highest BCUT2D eigenvalue weighted by molar-refractivity contribution is 7.99. The molecule has 0 fully saturated rings. The smallest absolute Gasteiger partial charge is 0.283 e. The maximum absolute atomic E-state index is 13.1. The van der Waals surface area contributed by atoms with Crippen molar-refractivity contribution in [3.8, 4) is 5.69 Å². The summed E-state index contributed by atoms with van der Waals surface area (Å²) in [6, 6.07) is 14.7. The van der Waals surface area contributed by atoms with E-state index in [-0.39, 0.29) is 17.2 Å². The van der Waals surface area contributed by atoms with Gasteiger partial charge < -0.3 is 14.7 Å². The number of fused-ring (bicyclic) bond motifs is 1. The van der Waals surface area contributed by atoms with Gasteiger partial charge in [-0.25, -0.2) is 4.98 Å². The third-order valence-corrected chi connectivity index (χ3v) is 5.08. The zero-order chi connectivity index (χ0) is 19.5. The molecule has 2 N–H and O–H groups in total. The van der Waals surface area contributed by atoms with Crippen molar-refractivity contribution in [3.05, 3.63) is 76.6 Å². The topological polar surface area (TPSA) is 92.9 Å². The van der Waals surface area contributed by atoms with Crippen LogP contribution in [-0.4, -0.2) is 26.2 Å². The fraction of sp³-hybridized carbons (Fsp3) is 0.150. The van der Waals surface area contributed by atoms with Crippen molar-refractivity contribution in [3.63, 3.8) is 0 Å². The van der Waals surface area contributed by atoms with Gasteiger partial charge >= 0.3 is 0 Å². The van der Waals surface area contributed by atoms with Crippen LogP contribution in [0.1, 0.15) is 11.5 Å². The largest absolute Gasteiger partial charge is 0.467 e. The quantitative estimate of drug-likeness (QED) is 0.387. The fourth-order valence-electron chi connectivity index (χ4n) is 2.86. The molecule has 0 unspecified atom stereocenters. The van der Waals surface area contributed by atoms with E-state index in [0.717, 1.165) is 5.69 Å². The van der Waals surface area contributed by atoms with Crippen LogP contribution < -0.4 is 10.9 Å². The molecule has 0 aliphatic carbocycles. The predicted octanol–water partition coefficient (Wildman–Crippen LogP) is 3.02. The van der Waals surface area contributed by atoms with Crippen LogP contribution in [0.3, 0.4) is 0 Å². The van der Waals surface area contributed by atoms with Gasteiger partial charge in [0.1, 0.15) is 11.3 Å². The first-order valence-corrected chi connectivity index (χ1v) is 9.70. The SMILES string of the molecule is Cc1cc2nc(SCC(=O)NCc3ccco3)n(-c3ccccc3)c(=O)c2[nH]1. The first-order valence-electron chi connectivity index (χ1n) is 8.71. The summed E-state index contributed by atoms with van der Waals surface area (Å²) in [6.45, 7) is 2.20. The number of aromatic nitrogens is 3. The molecule has 0 aliphatic heterocycles. The van der Waals surface area contributed by atoms with Gasteiger partial charge in [0, 0.05) is 5.69 Å². The molecule has 4 aromatic rings. The number of carbonyl (C=O) groups excluding carboxylic acids is 1. The van der Waals surface area contributed by atoms with E-state index in [2.05, 4.69) is 15.3 Å². The maximum Gasteiger partial charge on any atom is 0.283 e. The van der Waals surface area contributed by atoms with E-state index in [1.807, 2.05) is 43.3 Å². The van der Waals surface area contributed by atoms with Crippen molar-refractivity contribution >= 4 is 28.7 Å². The first kappa shape index (κ1) is 18.1. The lowest BCUT2D eigenvalue weighted by molar-refractivity contribution is -0.118. The average Bonchev–Trinajstić information content (AvgIpc) is 3.34. The Kier molecular flexibility index (Phi) is 5.03. The van der Waals surface area contributed by atoms with Crippen molar-refractivity contribution < 1.29 is 9.21 Å². The molecule has 0 atom stereocenters. The van der Waals surface area contributed by atoms with Gasteiger partial charge in [0.05, 0.1) is 29.8 Å². The number of aromatic amines is 1. The van der Waals surface area contributed by atoms with Crippen LogP contribution in [-0.2, 0) is 11.3 Å². The van der Waals surface area contributed by atoms with Gasteiger partial charge in [-0.15, -0.1) is 0 Å². The molecule has 0 aliphatic rings. The van der Waals surface area contributed by atoms with Gasteiger partial charge in [-0.3, -0.25) is 14.2 Å². The molecule has 4 rings (SSSR count). The average molecular weight is 394 g/mol. The molecule has 28 heavy (non-hydrogen) atoms. The zero-order valence-corrected chi connectivity index (χ0v) is 16.0. The maximum atomic E-state index is 13.1. The molecule has 0 spiro atoms. The number of thioether (sulfide) groups is 1. The standard InChI is InChI=1S/C20H18N4O3S/c1-13-10-16-18(22-13)19(26)24(14-6-3-2-4-7-14)20(23-16)28-12-17(25)21-11-15-8-5-9-27-15/h2-10,22H,11-12H2,1H3,(H,21,25). The van der Waals surface area contributed by atoms with Crippen LogP contribution in [0.4, 0.5) is 0 Å². The normalized spacial score (nSPS) is 11.0. The molecular formula is C20H18N4O3S. The molecule has 3 aromatic heterocycles. The molecule has 0 radical (unpaired) electrons. The minimum Gasteiger partial charge on any atom is -0.467 e. The van der Waals surface area contributed by atoms with Gasteiger partial charge in [0.15, 0.2) is 5.16 Å². The minimum absolute atomic E-state index is 0.134. The fourth-order valence-corrected chi connectivity index (χ4v) is 3.70. The summed E-state index contributed by atoms with van der Waals surface area (Å²) in [4.78, 5) is 33.0. The molecule has 0 saturated heterocycles. The van der Waals surface area contributed by atoms with E-state index in [4.69, 9.17) is 4.42 Å². The number of nitrogens with zero attached hydrogens (tertiary/aromatic N) is 2. The number of hydrogen-bond acceptors (Lipinski definition) is 5. The summed E-state index contributed by atoms with van der Waals surface area (Å²) in [7, 11) is 0. The lowest BCUT2D eigenvalue weighted by Gasteiger charge is -2.12. The molecule has 1 amide bonds. The van der Waals surface area contributed by atoms with E-state index in [1.54, 1.807) is 18.4 Å². The van der Waals surface area contributed by atoms with Crippen LogP contribution in [0, 0.1) is 6.92 Å². The first-order chi connectivity index (χ1) is 13.6. The van der Waals surface area contributed by atoms with E-state index in [9.17, 15) is 9.59 Å². The number of carbonyl (C=O) groups is 1. The molecule has 142 valence electrons. The van der Waals surface area contributed by atoms with Gasteiger partial charge in [-0.2, -0.15) is 0 Å². The molecule has 7 nitrogen and oxygen atoms in total. The number of hydrogen-bond donors (Lipinski definition) is 2. The molecule has 0 saturated carbocycles. The van der Waals surface area contributed by atoms with Crippen molar-refractivity contribution in [1.29, 1.82) is 0 Å². The second-order valence-electron chi connectivity index (χ2n) is 6.23. The Morgan fingerprint density at radius 2 is 2.07 bits per heavy atom. The summed E-state index contributed by atoms with van der Waals surface area (Å²) in [5.41, 5.74) is 2.41. The summed E-state index contributed by atoms with van der Waals surface area (Å²) in [5.74, 6) is 0.650. The van der Waals surface area contributed by atoms with E-state index >= 15 is 0 Å². The number of furan rings is 1. The predicted molar refractivity (Wildman–Crippen MR) is 108 cm³/mol. The second-order valence-corrected chi connectivity index (χ2v) is 7.17. The van der Waals surface area contributed by atoms with Gasteiger partial charge in [0.25, 0.3) is 5.56 Å². The summed E-state index contributed by atoms with van der Waals surface area (Å²) in [5, 5.41) is 3.26. The highest BCUT2D eigenvalue weighted by atomic mass is 32.2. The van der Waals surface area contributed by atoms with Gasteiger partial charge in [0.2, 0.25) is 5.91 Å². The minimum atomic E-state index is -0.192. The van der Waals surface area contributed by atoms with Crippen molar-refractivity contribution in [2.75, 3.05) is 5.75 Å². The van der Waals surface area contributed by atoms with Crippen LogP contribution in [0.2, 0.25) is 0 Å². The number of nitrogens with one attached hydrogen (secondary N) is 2. The number of rotatable bonds is 6. The summed E-state index contributed by atoms with van der Waals surface area (Å²) >= 11 is 1.22. The van der Waals surface area contributed by atoms with Crippen LogP contribution >= 0.6 is 11.8 Å². The number of para-hydroxylation sites is 1. The number of benzene rings is 1. The third-order valence-electron chi connectivity index (χ3n) is 4.14. The number of aryl methyl sites for hydroxylation is 1. The highest BCUT2D eigenvalue weighted by Crippen LogP contribution is 2.21. The monoisotopic (exact) mass is 394 g/mol. The van der Waals surface area contributed by atoms with Crippen LogP contribution in [0.25, 0.3) is 16.7 Å². The highest BCUT2D eigenvalue weighted by Gasteiger charge is 2.16. The number of H-pyrrole nitrogens is 1.